The molecule has 0 spiro atoms. The molecule has 4 heterocycles. The van der Waals surface area contributed by atoms with E-state index in [0.29, 0.717) is 18.4 Å². The topological polar surface area (TPSA) is 81.9 Å². The van der Waals surface area contributed by atoms with Crippen LogP contribution in [0.4, 0.5) is 5.82 Å². The average Bonchev–Trinajstić information content (AvgIpc) is 3.16. The van der Waals surface area contributed by atoms with Crippen LogP contribution in [-0.4, -0.2) is 49.4 Å². The molecule has 1 aromatic carbocycles. The zero-order chi connectivity index (χ0) is 21.2. The maximum atomic E-state index is 6.01. The monoisotopic (exact) mass is 415 g/mol. The molecule has 1 aliphatic rings. The molecule has 3 aromatic heterocycles. The fourth-order valence-corrected chi connectivity index (χ4v) is 4.02. The van der Waals surface area contributed by atoms with Crippen LogP contribution in [-0.2, 0) is 0 Å². The van der Waals surface area contributed by atoms with Crippen LogP contribution < -0.4 is 9.64 Å². The SMILES string of the molecule is Cc1cc(C)n(-c2cc(OCC3CCN(c4cnc5ccccc5n4)CC3)ncn2)n1. The van der Waals surface area contributed by atoms with Crippen molar-refractivity contribution in [1.82, 2.24) is 29.7 Å². The van der Waals surface area contributed by atoms with Gasteiger partial charge in [-0.05, 0) is 50.8 Å². The molecule has 1 aliphatic heterocycles. The first-order valence-corrected chi connectivity index (χ1v) is 10.6. The summed E-state index contributed by atoms with van der Waals surface area (Å²) < 4.78 is 7.83. The van der Waals surface area contributed by atoms with Gasteiger partial charge in [-0.25, -0.2) is 19.6 Å². The Kier molecular flexibility index (Phi) is 5.19. The molecule has 0 N–H and O–H groups in total. The van der Waals surface area contributed by atoms with Gasteiger partial charge < -0.3 is 9.64 Å². The minimum atomic E-state index is 0.483. The first-order chi connectivity index (χ1) is 15.2. The van der Waals surface area contributed by atoms with Crippen LogP contribution in [0.25, 0.3) is 16.9 Å². The zero-order valence-electron chi connectivity index (χ0n) is 17.8. The van der Waals surface area contributed by atoms with Crippen LogP contribution >= 0.6 is 0 Å². The van der Waals surface area contributed by atoms with Gasteiger partial charge in [0.25, 0.3) is 0 Å². The first-order valence-electron chi connectivity index (χ1n) is 10.6. The molecule has 0 radical (unpaired) electrons. The number of aromatic nitrogens is 6. The lowest BCUT2D eigenvalue weighted by Crippen LogP contribution is -2.36. The molecule has 0 atom stereocenters. The second kappa shape index (κ2) is 8.29. The smallest absolute Gasteiger partial charge is 0.218 e. The van der Waals surface area contributed by atoms with Crippen molar-refractivity contribution in [1.29, 1.82) is 0 Å². The first kappa shape index (κ1) is 19.4. The molecule has 31 heavy (non-hydrogen) atoms. The van der Waals surface area contributed by atoms with Crippen molar-refractivity contribution in [2.75, 3.05) is 24.6 Å². The maximum Gasteiger partial charge on any atom is 0.218 e. The molecule has 8 nitrogen and oxygen atoms in total. The van der Waals surface area contributed by atoms with E-state index in [2.05, 4.69) is 25.0 Å². The number of ether oxygens (including phenoxy) is 1. The summed E-state index contributed by atoms with van der Waals surface area (Å²) in [6.45, 7) is 6.52. The summed E-state index contributed by atoms with van der Waals surface area (Å²) in [5.74, 6) is 2.74. The molecule has 0 amide bonds. The highest BCUT2D eigenvalue weighted by Crippen LogP contribution is 2.24. The Morgan fingerprint density at radius 1 is 0.968 bits per heavy atom. The number of benzene rings is 1. The molecule has 0 saturated carbocycles. The Bertz CT molecular complexity index is 1200. The van der Waals surface area contributed by atoms with Gasteiger partial charge in [-0.3, -0.25) is 4.98 Å². The zero-order valence-corrected chi connectivity index (χ0v) is 17.8. The normalized spacial score (nSPS) is 14.8. The summed E-state index contributed by atoms with van der Waals surface area (Å²) in [4.78, 5) is 20.2. The van der Waals surface area contributed by atoms with Gasteiger partial charge in [-0.1, -0.05) is 12.1 Å². The van der Waals surface area contributed by atoms with Gasteiger partial charge in [0, 0.05) is 24.8 Å². The molecule has 0 bridgehead atoms. The molecule has 1 saturated heterocycles. The highest BCUT2D eigenvalue weighted by atomic mass is 16.5. The lowest BCUT2D eigenvalue weighted by molar-refractivity contribution is 0.215. The Hall–Kier alpha value is -3.55. The number of hydrogen-bond donors (Lipinski definition) is 0. The number of hydrogen-bond acceptors (Lipinski definition) is 7. The highest BCUT2D eigenvalue weighted by molar-refractivity contribution is 5.75. The van der Waals surface area contributed by atoms with Crippen LogP contribution in [0.15, 0.2) is 48.9 Å². The molecule has 1 fully saturated rings. The van der Waals surface area contributed by atoms with E-state index in [1.54, 1.807) is 0 Å². The van der Waals surface area contributed by atoms with Gasteiger partial charge in [0.15, 0.2) is 5.82 Å². The molecule has 5 rings (SSSR count). The van der Waals surface area contributed by atoms with Crippen molar-refractivity contribution < 1.29 is 4.74 Å². The second-order valence-electron chi connectivity index (χ2n) is 8.01. The van der Waals surface area contributed by atoms with Gasteiger partial charge in [-0.2, -0.15) is 5.10 Å². The summed E-state index contributed by atoms with van der Waals surface area (Å²) in [5, 5.41) is 4.48. The predicted octanol–water partition coefficient (Wildman–Crippen LogP) is 3.52. The quantitative estimate of drug-likeness (QED) is 0.493. The van der Waals surface area contributed by atoms with Crippen LogP contribution in [0.1, 0.15) is 24.2 Å². The van der Waals surface area contributed by atoms with E-state index in [9.17, 15) is 0 Å². The van der Waals surface area contributed by atoms with E-state index >= 15 is 0 Å². The Morgan fingerprint density at radius 2 is 1.77 bits per heavy atom. The van der Waals surface area contributed by atoms with E-state index in [-0.39, 0.29) is 0 Å². The minimum Gasteiger partial charge on any atom is -0.477 e. The lowest BCUT2D eigenvalue weighted by Gasteiger charge is -2.32. The number of rotatable bonds is 5. The standard InChI is InChI=1S/C23H25N7O/c1-16-11-17(2)30(28-16)21-12-23(26-15-25-21)31-14-18-7-9-29(10-8-18)22-13-24-19-5-3-4-6-20(19)27-22/h3-6,11-13,15,18H,7-10,14H2,1-2H3. The number of fused-ring (bicyclic) bond motifs is 1. The van der Waals surface area contributed by atoms with Gasteiger partial charge in [0.2, 0.25) is 5.88 Å². The van der Waals surface area contributed by atoms with Crippen molar-refractivity contribution in [2.24, 2.45) is 5.92 Å². The largest absolute Gasteiger partial charge is 0.477 e. The maximum absolute atomic E-state index is 6.01. The Balaban J connectivity index is 1.18. The summed E-state index contributed by atoms with van der Waals surface area (Å²) in [5.41, 5.74) is 3.86. The second-order valence-corrected chi connectivity index (χ2v) is 8.01. The van der Waals surface area contributed by atoms with Crippen LogP contribution in [0.3, 0.4) is 0 Å². The van der Waals surface area contributed by atoms with E-state index in [1.165, 1.54) is 6.33 Å². The minimum absolute atomic E-state index is 0.483. The molecule has 8 heteroatoms. The summed E-state index contributed by atoms with van der Waals surface area (Å²) in [7, 11) is 0. The van der Waals surface area contributed by atoms with E-state index in [4.69, 9.17) is 9.72 Å². The van der Waals surface area contributed by atoms with Gasteiger partial charge in [0.05, 0.1) is 29.5 Å². The molecule has 4 aromatic rings. The summed E-state index contributed by atoms with van der Waals surface area (Å²) in [6.07, 6.45) is 5.50. The third-order valence-corrected chi connectivity index (χ3v) is 5.70. The van der Waals surface area contributed by atoms with Crippen molar-refractivity contribution >= 4 is 16.9 Å². The van der Waals surface area contributed by atoms with Crippen molar-refractivity contribution in [3.05, 3.63) is 60.3 Å². The fourth-order valence-electron chi connectivity index (χ4n) is 4.02. The van der Waals surface area contributed by atoms with Crippen molar-refractivity contribution in [2.45, 2.75) is 26.7 Å². The molecular formula is C23H25N7O. The number of nitrogens with zero attached hydrogens (tertiary/aromatic N) is 7. The van der Waals surface area contributed by atoms with E-state index < -0.39 is 0 Å². The van der Waals surface area contributed by atoms with Gasteiger partial charge in [-0.15, -0.1) is 0 Å². The van der Waals surface area contributed by atoms with E-state index in [0.717, 1.165) is 60.0 Å². The predicted molar refractivity (Wildman–Crippen MR) is 119 cm³/mol. The van der Waals surface area contributed by atoms with Crippen molar-refractivity contribution in [3.8, 4) is 11.7 Å². The number of aryl methyl sites for hydroxylation is 2. The Morgan fingerprint density at radius 3 is 2.55 bits per heavy atom. The summed E-state index contributed by atoms with van der Waals surface area (Å²) >= 11 is 0. The van der Waals surface area contributed by atoms with Crippen molar-refractivity contribution in [3.63, 3.8) is 0 Å². The van der Waals surface area contributed by atoms with E-state index in [1.807, 2.05) is 61.1 Å². The molecule has 0 unspecified atom stereocenters. The average molecular weight is 416 g/mol. The summed E-state index contributed by atoms with van der Waals surface area (Å²) in [6, 6.07) is 11.9. The fraction of sp³-hybridized carbons (Fsp3) is 0.348. The van der Waals surface area contributed by atoms with Gasteiger partial charge >= 0.3 is 0 Å². The molecule has 0 aliphatic carbocycles. The Labute approximate surface area is 181 Å². The molecule has 158 valence electrons. The molecular weight excluding hydrogens is 390 g/mol. The van der Waals surface area contributed by atoms with Gasteiger partial charge in [0.1, 0.15) is 12.1 Å². The third-order valence-electron chi connectivity index (χ3n) is 5.70. The third kappa shape index (κ3) is 4.19. The number of para-hydroxylation sites is 2. The highest BCUT2D eigenvalue weighted by Gasteiger charge is 2.21. The number of anilines is 1. The van der Waals surface area contributed by atoms with Crippen LogP contribution in [0, 0.1) is 19.8 Å². The van der Waals surface area contributed by atoms with Crippen LogP contribution in [0.2, 0.25) is 0 Å². The van der Waals surface area contributed by atoms with Crippen LogP contribution in [0.5, 0.6) is 5.88 Å². The number of piperidine rings is 1. The lowest BCUT2D eigenvalue weighted by atomic mass is 9.98.